The molecule has 1 unspecified atom stereocenters. The molecular weight excluding hydrogens is 396 g/mol. The predicted molar refractivity (Wildman–Crippen MR) is 119 cm³/mol. The van der Waals surface area contributed by atoms with E-state index in [1.165, 1.54) is 4.90 Å². The third-order valence-electron chi connectivity index (χ3n) is 5.42. The normalized spacial score (nSPS) is 13.9. The minimum absolute atomic E-state index is 0.0396. The van der Waals surface area contributed by atoms with E-state index in [9.17, 15) is 14.4 Å². The van der Waals surface area contributed by atoms with Gasteiger partial charge in [-0.05, 0) is 43.2 Å². The summed E-state index contributed by atoms with van der Waals surface area (Å²) in [6.07, 6.45) is 0. The van der Waals surface area contributed by atoms with E-state index in [4.69, 9.17) is 4.74 Å². The summed E-state index contributed by atoms with van der Waals surface area (Å²) in [5, 5.41) is 5.72. The van der Waals surface area contributed by atoms with E-state index in [1.54, 1.807) is 25.3 Å². The van der Waals surface area contributed by atoms with Crippen LogP contribution in [0.1, 0.15) is 11.1 Å². The van der Waals surface area contributed by atoms with Crippen molar-refractivity contribution in [3.63, 3.8) is 0 Å². The number of ether oxygens (including phenoxy) is 1. The largest absolute Gasteiger partial charge is 0.379 e. The van der Waals surface area contributed by atoms with Crippen LogP contribution in [0.4, 0.5) is 17.1 Å². The Hall–Kier alpha value is -3.23. The number of fused-ring (bicyclic) bond motifs is 1. The van der Waals surface area contributed by atoms with Gasteiger partial charge >= 0.3 is 0 Å². The van der Waals surface area contributed by atoms with Crippen molar-refractivity contribution in [3.05, 3.63) is 53.6 Å². The number of aryl methyl sites for hydroxylation is 1. The fourth-order valence-corrected chi connectivity index (χ4v) is 3.56. The van der Waals surface area contributed by atoms with Crippen molar-refractivity contribution in [1.82, 2.24) is 0 Å². The molecule has 1 heterocycles. The fraction of sp³-hybridized carbons (Fsp3) is 0.348. The van der Waals surface area contributed by atoms with E-state index in [0.29, 0.717) is 24.5 Å². The van der Waals surface area contributed by atoms with Gasteiger partial charge < -0.3 is 20.3 Å². The Morgan fingerprint density at radius 1 is 1.13 bits per heavy atom. The van der Waals surface area contributed by atoms with Gasteiger partial charge in [0.15, 0.2) is 13.1 Å². The van der Waals surface area contributed by atoms with Gasteiger partial charge in [-0.3, -0.25) is 19.3 Å². The number of nitrogens with zero attached hydrogens (tertiary/aromatic N) is 1. The van der Waals surface area contributed by atoms with Crippen LogP contribution in [0.3, 0.4) is 0 Å². The molecule has 0 bridgehead atoms. The first kappa shape index (κ1) is 22.5. The monoisotopic (exact) mass is 425 g/mol. The van der Waals surface area contributed by atoms with Gasteiger partial charge in [0.05, 0.1) is 18.0 Å². The summed E-state index contributed by atoms with van der Waals surface area (Å²) >= 11 is 0. The zero-order chi connectivity index (χ0) is 22.4. The molecule has 0 aliphatic carbocycles. The Bertz CT molecular complexity index is 976. The molecule has 0 radical (unpaired) electrons. The molecule has 8 heteroatoms. The zero-order valence-corrected chi connectivity index (χ0v) is 18.2. The summed E-state index contributed by atoms with van der Waals surface area (Å²) in [6, 6.07) is 12.9. The van der Waals surface area contributed by atoms with Gasteiger partial charge in [-0.25, -0.2) is 0 Å². The molecule has 0 saturated carbocycles. The first-order valence-corrected chi connectivity index (χ1v) is 10.3. The van der Waals surface area contributed by atoms with Crippen LogP contribution in [0.2, 0.25) is 0 Å². The lowest BCUT2D eigenvalue weighted by Gasteiger charge is -2.30. The first-order valence-electron chi connectivity index (χ1n) is 10.3. The number of quaternary nitrogens is 1. The van der Waals surface area contributed by atoms with E-state index in [-0.39, 0.29) is 37.4 Å². The molecule has 0 saturated heterocycles. The number of hydrogen-bond acceptors (Lipinski definition) is 4. The van der Waals surface area contributed by atoms with E-state index in [0.717, 1.165) is 21.7 Å². The molecule has 1 aliphatic rings. The lowest BCUT2D eigenvalue weighted by Crippen LogP contribution is -3.14. The van der Waals surface area contributed by atoms with Gasteiger partial charge in [0.2, 0.25) is 5.91 Å². The second-order valence-electron chi connectivity index (χ2n) is 7.69. The molecule has 3 N–H and O–H groups in total. The van der Waals surface area contributed by atoms with E-state index in [2.05, 4.69) is 10.6 Å². The number of para-hydroxylation sites is 2. The molecule has 2 aromatic rings. The number of amides is 3. The second kappa shape index (κ2) is 10.2. The number of hydrogen-bond donors (Lipinski definition) is 3. The SMILES string of the molecule is COCC[NH+](CC(=O)Nc1cccc(C)c1C)CC(=O)N1CC(=O)Nc2ccccc21. The molecule has 0 aromatic heterocycles. The van der Waals surface area contributed by atoms with Gasteiger partial charge in [-0.1, -0.05) is 24.3 Å². The van der Waals surface area contributed by atoms with E-state index >= 15 is 0 Å². The summed E-state index contributed by atoms with van der Waals surface area (Å²) in [5.41, 5.74) is 4.15. The van der Waals surface area contributed by atoms with Crippen molar-refractivity contribution in [1.29, 1.82) is 0 Å². The minimum Gasteiger partial charge on any atom is -0.379 e. The lowest BCUT2D eigenvalue weighted by atomic mass is 10.1. The number of methoxy groups -OCH3 is 1. The van der Waals surface area contributed by atoms with Crippen LogP contribution < -0.4 is 20.4 Å². The van der Waals surface area contributed by atoms with Crippen molar-refractivity contribution < 1.29 is 24.0 Å². The van der Waals surface area contributed by atoms with Crippen LogP contribution in [0, 0.1) is 13.8 Å². The average molecular weight is 426 g/mol. The van der Waals surface area contributed by atoms with Crippen LogP contribution in [-0.4, -0.2) is 57.6 Å². The van der Waals surface area contributed by atoms with Crippen LogP contribution in [-0.2, 0) is 19.1 Å². The van der Waals surface area contributed by atoms with E-state index in [1.807, 2.05) is 38.1 Å². The molecule has 2 aromatic carbocycles. The number of anilines is 3. The third kappa shape index (κ3) is 5.68. The van der Waals surface area contributed by atoms with Crippen molar-refractivity contribution in [2.45, 2.75) is 13.8 Å². The van der Waals surface area contributed by atoms with Crippen LogP contribution in [0.25, 0.3) is 0 Å². The molecule has 1 atom stereocenters. The number of rotatable bonds is 8. The molecule has 3 rings (SSSR count). The Kier molecular flexibility index (Phi) is 7.38. The number of carbonyl (C=O) groups excluding carboxylic acids is 3. The first-order chi connectivity index (χ1) is 14.9. The molecular formula is C23H29N4O4+. The van der Waals surface area contributed by atoms with E-state index < -0.39 is 0 Å². The quantitative estimate of drug-likeness (QED) is 0.582. The molecule has 0 fully saturated rings. The summed E-state index contributed by atoms with van der Waals surface area (Å²) in [4.78, 5) is 40.0. The molecule has 164 valence electrons. The highest BCUT2D eigenvalue weighted by molar-refractivity contribution is 6.10. The van der Waals surface area contributed by atoms with Gasteiger partial charge in [0.25, 0.3) is 11.8 Å². The molecule has 31 heavy (non-hydrogen) atoms. The summed E-state index contributed by atoms with van der Waals surface area (Å²) in [5.74, 6) is -0.629. The maximum atomic E-state index is 13.1. The number of benzene rings is 2. The number of carbonyl (C=O) groups is 3. The highest BCUT2D eigenvalue weighted by Crippen LogP contribution is 2.28. The van der Waals surface area contributed by atoms with Crippen LogP contribution >= 0.6 is 0 Å². The van der Waals surface area contributed by atoms with Gasteiger partial charge in [0.1, 0.15) is 13.1 Å². The Morgan fingerprint density at radius 3 is 2.68 bits per heavy atom. The number of nitrogens with one attached hydrogen (secondary N) is 3. The lowest BCUT2D eigenvalue weighted by molar-refractivity contribution is -0.883. The van der Waals surface area contributed by atoms with Gasteiger partial charge in [0, 0.05) is 12.8 Å². The highest BCUT2D eigenvalue weighted by Gasteiger charge is 2.29. The van der Waals surface area contributed by atoms with Crippen LogP contribution in [0.15, 0.2) is 42.5 Å². The zero-order valence-electron chi connectivity index (χ0n) is 18.2. The standard InChI is InChI=1S/C23H28N4O4/c1-16-7-6-9-18(17(16)2)24-21(28)13-26(11-12-31-3)15-23(30)27-14-22(29)25-19-8-4-5-10-20(19)27/h4-10H,11-15H2,1-3H3,(H,24,28)(H,25,29)/p+1. The predicted octanol–water partition coefficient (Wildman–Crippen LogP) is 0.759. The summed E-state index contributed by atoms with van der Waals surface area (Å²) < 4.78 is 5.17. The second-order valence-corrected chi connectivity index (χ2v) is 7.69. The Balaban J connectivity index is 1.69. The molecule has 0 spiro atoms. The fourth-order valence-electron chi connectivity index (χ4n) is 3.56. The maximum absolute atomic E-state index is 13.1. The average Bonchev–Trinajstić information content (AvgIpc) is 2.74. The van der Waals surface area contributed by atoms with Crippen molar-refractivity contribution in [3.8, 4) is 0 Å². The highest BCUT2D eigenvalue weighted by atomic mass is 16.5. The Morgan fingerprint density at radius 2 is 1.90 bits per heavy atom. The van der Waals surface area contributed by atoms with Crippen molar-refractivity contribution >= 4 is 34.8 Å². The molecule has 3 amide bonds. The third-order valence-corrected chi connectivity index (χ3v) is 5.42. The topological polar surface area (TPSA) is 92.2 Å². The van der Waals surface area contributed by atoms with Crippen molar-refractivity contribution in [2.75, 3.05) is 55.4 Å². The van der Waals surface area contributed by atoms with Gasteiger partial charge in [-0.15, -0.1) is 0 Å². The molecule has 8 nitrogen and oxygen atoms in total. The summed E-state index contributed by atoms with van der Waals surface area (Å²) in [6.45, 7) is 5.01. The molecule has 1 aliphatic heterocycles. The van der Waals surface area contributed by atoms with Gasteiger partial charge in [-0.2, -0.15) is 0 Å². The van der Waals surface area contributed by atoms with Crippen molar-refractivity contribution in [2.24, 2.45) is 0 Å². The Labute approximate surface area is 182 Å². The van der Waals surface area contributed by atoms with Crippen LogP contribution in [0.5, 0.6) is 0 Å². The minimum atomic E-state index is -0.238. The smallest absolute Gasteiger partial charge is 0.282 e. The summed E-state index contributed by atoms with van der Waals surface area (Å²) in [7, 11) is 1.58. The maximum Gasteiger partial charge on any atom is 0.282 e.